The lowest BCUT2D eigenvalue weighted by molar-refractivity contribution is 0.0455. The highest BCUT2D eigenvalue weighted by Gasteiger charge is 2.18. The highest BCUT2D eigenvalue weighted by molar-refractivity contribution is 5.89. The van der Waals surface area contributed by atoms with E-state index in [0.29, 0.717) is 17.4 Å². The molecule has 0 atom stereocenters. The Labute approximate surface area is 123 Å². The average molecular weight is 288 g/mol. The second-order valence-corrected chi connectivity index (χ2v) is 5.57. The predicted octanol–water partition coefficient (Wildman–Crippen LogP) is 2.28. The lowest BCUT2D eigenvalue weighted by atomic mass is 10.3. The van der Waals surface area contributed by atoms with Gasteiger partial charge in [0.1, 0.15) is 12.3 Å². The molecule has 2 aromatic heterocycles. The number of hydrogen-bond donors (Lipinski definition) is 1. The van der Waals surface area contributed by atoms with Crippen molar-refractivity contribution < 1.29 is 9.53 Å². The summed E-state index contributed by atoms with van der Waals surface area (Å²) >= 11 is 0. The van der Waals surface area contributed by atoms with Crippen LogP contribution in [0.5, 0.6) is 0 Å². The van der Waals surface area contributed by atoms with Crippen LogP contribution >= 0.6 is 0 Å². The summed E-state index contributed by atoms with van der Waals surface area (Å²) in [4.78, 5) is 12.0. The van der Waals surface area contributed by atoms with Crippen LogP contribution in [-0.4, -0.2) is 20.3 Å². The molecule has 0 radical (unpaired) electrons. The van der Waals surface area contributed by atoms with E-state index in [1.54, 1.807) is 23.9 Å². The lowest BCUT2D eigenvalue weighted by Gasteiger charge is -2.09. The van der Waals surface area contributed by atoms with Gasteiger partial charge in [-0.15, -0.1) is 0 Å². The minimum Gasteiger partial charge on any atom is -0.454 e. The quantitative estimate of drug-likeness (QED) is 0.876. The molecule has 1 saturated carbocycles. The first kappa shape index (κ1) is 13.7. The molecule has 2 N–H and O–H groups in total. The van der Waals surface area contributed by atoms with Gasteiger partial charge in [-0.1, -0.05) is 12.8 Å². The first-order chi connectivity index (χ1) is 10.1. The molecule has 1 aliphatic carbocycles. The van der Waals surface area contributed by atoms with Crippen LogP contribution in [0.25, 0.3) is 0 Å². The van der Waals surface area contributed by atoms with E-state index in [1.165, 1.54) is 25.7 Å². The number of carbonyl (C=O) groups is 1. The third kappa shape index (κ3) is 2.94. The Morgan fingerprint density at radius 3 is 2.90 bits per heavy atom. The van der Waals surface area contributed by atoms with E-state index in [-0.39, 0.29) is 12.6 Å². The number of aromatic nitrogens is 3. The fourth-order valence-corrected chi connectivity index (χ4v) is 2.83. The third-order valence-electron chi connectivity index (χ3n) is 3.95. The van der Waals surface area contributed by atoms with Gasteiger partial charge >= 0.3 is 5.97 Å². The Kier molecular flexibility index (Phi) is 3.68. The smallest absolute Gasteiger partial charge is 0.355 e. The zero-order chi connectivity index (χ0) is 14.8. The van der Waals surface area contributed by atoms with Crippen molar-refractivity contribution in [1.82, 2.24) is 14.3 Å². The number of nitrogens with zero attached hydrogens (tertiary/aromatic N) is 3. The van der Waals surface area contributed by atoms with Crippen LogP contribution in [0.3, 0.4) is 0 Å². The number of esters is 1. The number of hydrogen-bond acceptors (Lipinski definition) is 4. The van der Waals surface area contributed by atoms with E-state index in [1.807, 2.05) is 16.9 Å². The van der Waals surface area contributed by atoms with Crippen LogP contribution in [-0.2, 0) is 18.4 Å². The number of carbonyl (C=O) groups excluding carboxylic acids is 1. The Balaban J connectivity index is 1.60. The van der Waals surface area contributed by atoms with Crippen LogP contribution in [0.2, 0.25) is 0 Å². The van der Waals surface area contributed by atoms with Gasteiger partial charge in [-0.25, -0.2) is 4.79 Å². The molecule has 0 unspecified atom stereocenters. The maximum atomic E-state index is 12.0. The average Bonchev–Trinajstić information content (AvgIpc) is 3.15. The van der Waals surface area contributed by atoms with Gasteiger partial charge in [-0.05, 0) is 25.0 Å². The zero-order valence-corrected chi connectivity index (χ0v) is 12.2. The first-order valence-corrected chi connectivity index (χ1v) is 7.26. The molecule has 0 saturated heterocycles. The number of aryl methyl sites for hydroxylation is 1. The van der Waals surface area contributed by atoms with Gasteiger partial charge in [-0.3, -0.25) is 4.68 Å². The number of ether oxygens (including phenoxy) is 1. The van der Waals surface area contributed by atoms with E-state index >= 15 is 0 Å². The largest absolute Gasteiger partial charge is 0.454 e. The molecule has 1 aliphatic rings. The van der Waals surface area contributed by atoms with Gasteiger partial charge < -0.3 is 15.0 Å². The molecule has 0 aliphatic heterocycles. The fraction of sp³-hybridized carbons (Fsp3) is 0.467. The Hall–Kier alpha value is -2.24. The summed E-state index contributed by atoms with van der Waals surface area (Å²) in [6.45, 7) is 0.184. The Bertz CT molecular complexity index is 638. The summed E-state index contributed by atoms with van der Waals surface area (Å²) in [7, 11) is 1.77. The van der Waals surface area contributed by atoms with E-state index in [0.717, 1.165) is 5.69 Å². The highest BCUT2D eigenvalue weighted by atomic mass is 16.5. The topological polar surface area (TPSA) is 75.1 Å². The number of nitrogens with two attached hydrogens (primary N) is 1. The van der Waals surface area contributed by atoms with Crippen molar-refractivity contribution in [2.24, 2.45) is 7.05 Å². The summed E-state index contributed by atoms with van der Waals surface area (Å²) < 4.78 is 8.95. The number of nitrogen functional groups attached to an aromatic ring is 1. The van der Waals surface area contributed by atoms with Gasteiger partial charge in [-0.2, -0.15) is 5.10 Å². The minimum atomic E-state index is -0.385. The molecule has 1 fully saturated rings. The van der Waals surface area contributed by atoms with Crippen LogP contribution in [0.1, 0.15) is 47.9 Å². The molecule has 21 heavy (non-hydrogen) atoms. The standard InChI is InChI=1S/C15H20N4O2/c1-18-9-11(16)8-14(18)15(20)21-10-12-6-7-19(17-12)13-4-2-3-5-13/h6-9,13H,2-5,10,16H2,1H3. The molecular formula is C15H20N4O2. The van der Waals surface area contributed by atoms with Crippen molar-refractivity contribution in [1.29, 1.82) is 0 Å². The van der Waals surface area contributed by atoms with Gasteiger partial charge in [0.05, 0.1) is 17.4 Å². The summed E-state index contributed by atoms with van der Waals surface area (Å²) in [6, 6.07) is 4.02. The molecule has 0 amide bonds. The third-order valence-corrected chi connectivity index (χ3v) is 3.95. The molecule has 6 heteroatoms. The summed E-state index contributed by atoms with van der Waals surface area (Å²) in [5.41, 5.74) is 7.43. The van der Waals surface area contributed by atoms with Gasteiger partial charge in [0.2, 0.25) is 0 Å². The minimum absolute atomic E-state index is 0.184. The van der Waals surface area contributed by atoms with Crippen molar-refractivity contribution in [2.75, 3.05) is 5.73 Å². The molecule has 112 valence electrons. The van der Waals surface area contributed by atoms with Crippen LogP contribution in [0, 0.1) is 0 Å². The van der Waals surface area contributed by atoms with E-state index < -0.39 is 0 Å². The molecule has 2 heterocycles. The maximum Gasteiger partial charge on any atom is 0.355 e. The van der Waals surface area contributed by atoms with Crippen molar-refractivity contribution in [3.8, 4) is 0 Å². The Morgan fingerprint density at radius 1 is 1.48 bits per heavy atom. The maximum absolute atomic E-state index is 12.0. The number of anilines is 1. The van der Waals surface area contributed by atoms with Crippen molar-refractivity contribution >= 4 is 11.7 Å². The molecule has 6 nitrogen and oxygen atoms in total. The lowest BCUT2D eigenvalue weighted by Crippen LogP contribution is -2.10. The van der Waals surface area contributed by atoms with Crippen LogP contribution in [0.4, 0.5) is 5.69 Å². The molecule has 3 rings (SSSR count). The zero-order valence-electron chi connectivity index (χ0n) is 12.2. The van der Waals surface area contributed by atoms with Crippen molar-refractivity contribution in [2.45, 2.75) is 38.3 Å². The van der Waals surface area contributed by atoms with Crippen LogP contribution in [0.15, 0.2) is 24.5 Å². The van der Waals surface area contributed by atoms with Crippen molar-refractivity contribution in [3.05, 3.63) is 35.9 Å². The van der Waals surface area contributed by atoms with E-state index in [9.17, 15) is 4.79 Å². The van der Waals surface area contributed by atoms with E-state index in [4.69, 9.17) is 10.5 Å². The molecular weight excluding hydrogens is 268 g/mol. The highest BCUT2D eigenvalue weighted by Crippen LogP contribution is 2.28. The Morgan fingerprint density at radius 2 is 2.24 bits per heavy atom. The predicted molar refractivity (Wildman–Crippen MR) is 78.7 cm³/mol. The second-order valence-electron chi connectivity index (χ2n) is 5.57. The van der Waals surface area contributed by atoms with E-state index in [2.05, 4.69) is 5.10 Å². The summed E-state index contributed by atoms with van der Waals surface area (Å²) in [5.74, 6) is -0.385. The van der Waals surface area contributed by atoms with Gasteiger partial charge in [0.15, 0.2) is 0 Å². The van der Waals surface area contributed by atoms with Gasteiger partial charge in [0.25, 0.3) is 0 Å². The molecule has 0 aromatic carbocycles. The summed E-state index contributed by atoms with van der Waals surface area (Å²) in [6.07, 6.45) is 8.56. The molecule has 0 spiro atoms. The van der Waals surface area contributed by atoms with Gasteiger partial charge in [0, 0.05) is 19.4 Å². The molecule has 2 aromatic rings. The number of rotatable bonds is 4. The summed E-state index contributed by atoms with van der Waals surface area (Å²) in [5, 5.41) is 4.49. The SMILES string of the molecule is Cn1cc(N)cc1C(=O)OCc1ccn(C2CCCC2)n1. The normalized spacial score (nSPS) is 15.5. The molecule has 0 bridgehead atoms. The fourth-order valence-electron chi connectivity index (χ4n) is 2.83. The van der Waals surface area contributed by atoms with Crippen LogP contribution < -0.4 is 5.73 Å². The first-order valence-electron chi connectivity index (χ1n) is 7.26. The second kappa shape index (κ2) is 5.63. The van der Waals surface area contributed by atoms with Crippen molar-refractivity contribution in [3.63, 3.8) is 0 Å². The monoisotopic (exact) mass is 288 g/mol.